The van der Waals surface area contributed by atoms with Crippen molar-refractivity contribution in [3.05, 3.63) is 117 Å². The van der Waals surface area contributed by atoms with E-state index in [1.165, 1.54) is 32.4 Å². The number of nitrogens with zero attached hydrogens (tertiary/aromatic N) is 3. The first kappa shape index (κ1) is 71.9. The second-order valence-corrected chi connectivity index (χ2v) is 26.9. The van der Waals surface area contributed by atoms with Crippen molar-refractivity contribution in [1.29, 1.82) is 0 Å². The molecule has 4 aromatic carbocycles. The van der Waals surface area contributed by atoms with Crippen LogP contribution >= 0.6 is 0 Å². The molecule has 4 saturated heterocycles. The Morgan fingerprint density at radius 3 is 2.09 bits per heavy atom. The normalized spacial score (nSPS) is 24.3. The molecule has 5 aliphatic heterocycles. The van der Waals surface area contributed by atoms with Gasteiger partial charge in [-0.05, 0) is 80.7 Å². The standard InChI is InChI=1S/C74H90N6O20/c1-45-68-53(79-31-34-97-71(92-3)70(79)100-68)41-59(98-45)99-55-43-74(90,42-51-61(55)67(87)63-62(65(51)85)64(84)50-12-8-14-54(91-2)60(50)66(63)86)72(89)77-28-27-75-56(81)20-32-93-35-37-95-39-40-96-38-36-94-33-21-57(82)78-29-24-73(25-30-78)22-17-48(18-23-73)69(88)76-26-19-58(83)80-44-49-11-5-4-9-46(49)15-16-47-10-6-7-13-52(47)80/h4-14,45,48,53,55,59,68,70-71,85,87,90H,17-44H2,1-3H3,(H,75,81)(H,76,88)(H,77,89)/t45-,53-,55-,59-,68+,70+,71-,74-/m0/s1. The molecule has 100 heavy (non-hydrogen) atoms. The first-order valence-electron chi connectivity index (χ1n) is 34.9. The summed E-state index contributed by atoms with van der Waals surface area (Å²) in [6.45, 7) is 6.85. The van der Waals surface area contributed by atoms with E-state index in [1.54, 1.807) is 4.90 Å². The van der Waals surface area contributed by atoms with Crippen molar-refractivity contribution in [2.24, 2.45) is 11.3 Å². The SMILES string of the molecule is COc1cccc2c1C(=O)c1c(O)c3c(c(O)c1C2=O)C[C@@](O)(C(=O)NCCNC(=O)CCOCCOCCOCCOCCC(=O)N1CCC2(CCC(C(=O)NCCC(=O)N4Cc5ccccc5C#Cc5ccccc54)CC2)CC1)C[C@@H]3O[C@H]1C[C@H]2[C@H](O[C@@H]3[C@@H](OC)OCCN32)[C@H](C)O1. The molecule has 5 amide bonds. The van der Waals surface area contributed by atoms with Crippen LogP contribution in [-0.4, -0.2) is 222 Å². The summed E-state index contributed by atoms with van der Waals surface area (Å²) in [7, 11) is 2.87. The number of fused-ring (bicyclic) bond motifs is 8. The number of methoxy groups -OCH3 is 2. The van der Waals surface area contributed by atoms with Crippen molar-refractivity contribution in [2.45, 2.75) is 139 Å². The van der Waals surface area contributed by atoms with Gasteiger partial charge in [-0.15, -0.1) is 0 Å². The van der Waals surface area contributed by atoms with Crippen molar-refractivity contribution < 1.29 is 96.2 Å². The van der Waals surface area contributed by atoms with E-state index >= 15 is 0 Å². The zero-order valence-electron chi connectivity index (χ0n) is 56.9. The molecule has 8 atom stereocenters. The van der Waals surface area contributed by atoms with Gasteiger partial charge in [0.05, 0.1) is 114 Å². The summed E-state index contributed by atoms with van der Waals surface area (Å²) in [4.78, 5) is 101. The van der Waals surface area contributed by atoms with Crippen molar-refractivity contribution in [2.75, 3.05) is 118 Å². The van der Waals surface area contributed by atoms with E-state index in [9.17, 15) is 48.9 Å². The summed E-state index contributed by atoms with van der Waals surface area (Å²) < 4.78 is 58.6. The number of benzene rings is 4. The third-order valence-electron chi connectivity index (χ3n) is 20.8. The van der Waals surface area contributed by atoms with E-state index in [2.05, 4.69) is 32.7 Å². The predicted octanol–water partition coefficient (Wildman–Crippen LogP) is 4.48. The fraction of sp³-hybridized carbons (Fsp3) is 0.554. The third-order valence-corrected chi connectivity index (χ3v) is 20.8. The van der Waals surface area contributed by atoms with Gasteiger partial charge in [-0.25, -0.2) is 0 Å². The largest absolute Gasteiger partial charge is 0.507 e. The molecule has 0 radical (unpaired) electrons. The number of phenolic OH excluding ortho intramolecular Hbond substituents is 2. The first-order chi connectivity index (χ1) is 48.5. The molecule has 26 nitrogen and oxygen atoms in total. The number of piperidine rings is 1. The van der Waals surface area contributed by atoms with E-state index in [-0.39, 0.29) is 147 Å². The van der Waals surface area contributed by atoms with Gasteiger partial charge < -0.3 is 88.4 Å². The minimum atomic E-state index is -2.31. The van der Waals surface area contributed by atoms with E-state index in [0.29, 0.717) is 59.2 Å². The van der Waals surface area contributed by atoms with Crippen LogP contribution in [0.3, 0.4) is 0 Å². The van der Waals surface area contributed by atoms with Crippen molar-refractivity contribution in [1.82, 2.24) is 25.8 Å². The maximum atomic E-state index is 14.3. The van der Waals surface area contributed by atoms with Crippen LogP contribution in [0.1, 0.15) is 143 Å². The number of amides is 5. The molecule has 4 aromatic rings. The lowest BCUT2D eigenvalue weighted by Crippen LogP contribution is -2.55. The molecule has 5 heterocycles. The minimum absolute atomic E-state index is 0.000613. The van der Waals surface area contributed by atoms with Gasteiger partial charge in [0.2, 0.25) is 29.4 Å². The Hall–Kier alpha value is -7.91. The molecule has 0 aromatic heterocycles. The van der Waals surface area contributed by atoms with Gasteiger partial charge in [-0.1, -0.05) is 54.3 Å². The van der Waals surface area contributed by atoms with Gasteiger partial charge in [0.15, 0.2) is 24.6 Å². The van der Waals surface area contributed by atoms with Crippen LogP contribution in [0, 0.1) is 23.2 Å². The number of carbonyl (C=O) groups excluding carboxylic acids is 7. The fourth-order valence-electron chi connectivity index (χ4n) is 15.4. The van der Waals surface area contributed by atoms with Crippen molar-refractivity contribution >= 4 is 46.8 Å². The Bertz CT molecular complexity index is 3740. The van der Waals surface area contributed by atoms with E-state index in [4.69, 9.17) is 47.4 Å². The van der Waals surface area contributed by atoms with Gasteiger partial charge in [-0.3, -0.25) is 38.5 Å². The molecular formula is C74H90N6O20. The van der Waals surface area contributed by atoms with Gasteiger partial charge >= 0.3 is 0 Å². The van der Waals surface area contributed by atoms with Crippen LogP contribution in [0.25, 0.3) is 0 Å². The number of anilines is 1. The number of carbonyl (C=O) groups is 7. The molecule has 536 valence electrons. The van der Waals surface area contributed by atoms with Gasteiger partial charge in [0.25, 0.3) is 5.91 Å². The number of hydrogen-bond donors (Lipinski definition) is 6. The molecule has 12 rings (SSSR count). The van der Waals surface area contributed by atoms with Crippen LogP contribution in [0.15, 0.2) is 66.7 Å². The Kier molecular flexibility index (Phi) is 23.3. The number of hydrogen-bond acceptors (Lipinski definition) is 21. The number of likely N-dealkylation sites (tertiary alicyclic amines) is 1. The number of aliphatic hydroxyl groups is 1. The second-order valence-electron chi connectivity index (χ2n) is 26.9. The topological polar surface area (TPSA) is 318 Å². The zero-order chi connectivity index (χ0) is 70.1. The molecule has 0 bridgehead atoms. The maximum absolute atomic E-state index is 14.3. The number of ketones is 2. The fourth-order valence-corrected chi connectivity index (χ4v) is 15.4. The first-order valence-corrected chi connectivity index (χ1v) is 34.9. The molecule has 5 fully saturated rings. The molecule has 0 unspecified atom stereocenters. The number of phenols is 2. The van der Waals surface area contributed by atoms with Crippen LogP contribution in [0.4, 0.5) is 5.69 Å². The second kappa shape index (κ2) is 32.4. The monoisotopic (exact) mass is 1380 g/mol. The lowest BCUT2D eigenvalue weighted by atomic mass is 9.65. The van der Waals surface area contributed by atoms with Crippen molar-refractivity contribution in [3.8, 4) is 29.1 Å². The minimum Gasteiger partial charge on any atom is -0.507 e. The number of ether oxygens (including phenoxy) is 10. The van der Waals surface area contributed by atoms with E-state index < -0.39 is 89.6 Å². The Morgan fingerprint density at radius 2 is 1.36 bits per heavy atom. The highest BCUT2D eigenvalue weighted by Gasteiger charge is 2.56. The average Bonchev–Trinajstić information content (AvgIpc) is 0.783. The number of morpholine rings is 1. The number of para-hydroxylation sites is 1. The predicted molar refractivity (Wildman–Crippen MR) is 358 cm³/mol. The number of aromatic hydroxyl groups is 2. The van der Waals surface area contributed by atoms with E-state index in [1.807, 2.05) is 60.4 Å². The third kappa shape index (κ3) is 15.7. The molecule has 1 spiro atoms. The van der Waals surface area contributed by atoms with Crippen LogP contribution in [0.5, 0.6) is 17.2 Å². The summed E-state index contributed by atoms with van der Waals surface area (Å²) in [5.74, 6) is 2.34. The highest BCUT2D eigenvalue weighted by Crippen LogP contribution is 2.53. The average molecular weight is 1380 g/mol. The Balaban J connectivity index is 0.502. The smallest absolute Gasteiger partial charge is 0.252 e. The molecule has 6 N–H and O–H groups in total. The summed E-state index contributed by atoms with van der Waals surface area (Å²) in [5, 5.41) is 44.9. The zero-order valence-corrected chi connectivity index (χ0v) is 56.9. The van der Waals surface area contributed by atoms with Crippen LogP contribution < -0.4 is 25.6 Å². The molecule has 8 aliphatic rings. The lowest BCUT2D eigenvalue weighted by Gasteiger charge is -2.45. The highest BCUT2D eigenvalue weighted by molar-refractivity contribution is 6.31. The highest BCUT2D eigenvalue weighted by atomic mass is 16.7. The Labute approximate surface area is 580 Å². The Morgan fingerprint density at radius 1 is 0.690 bits per heavy atom. The summed E-state index contributed by atoms with van der Waals surface area (Å²) in [6, 6.07) is 19.7. The molecule has 3 aliphatic carbocycles. The number of rotatable bonds is 27. The van der Waals surface area contributed by atoms with E-state index in [0.717, 1.165) is 60.9 Å². The maximum Gasteiger partial charge on any atom is 0.252 e. The molecule has 26 heteroatoms. The summed E-state index contributed by atoms with van der Waals surface area (Å²) >= 11 is 0. The van der Waals surface area contributed by atoms with Crippen LogP contribution in [-0.2, 0) is 79.6 Å². The van der Waals surface area contributed by atoms with Crippen molar-refractivity contribution in [3.63, 3.8) is 0 Å². The lowest BCUT2D eigenvalue weighted by molar-refractivity contribution is -0.256. The van der Waals surface area contributed by atoms with Crippen LogP contribution in [0.2, 0.25) is 0 Å². The van der Waals surface area contributed by atoms with Gasteiger partial charge in [0, 0.05) is 118 Å². The quantitative estimate of drug-likeness (QED) is 0.0240. The number of nitrogens with one attached hydrogen (secondary N) is 3. The summed E-state index contributed by atoms with van der Waals surface area (Å²) in [5.41, 5.74) is -0.0807. The van der Waals surface area contributed by atoms with Gasteiger partial charge in [-0.2, -0.15) is 0 Å². The molecule has 1 saturated carbocycles. The van der Waals surface area contributed by atoms with Gasteiger partial charge in [0.1, 0.15) is 29.0 Å². The summed E-state index contributed by atoms with van der Waals surface area (Å²) in [6.07, 6.45) is 0.499. The molecular weight excluding hydrogens is 1290 g/mol.